The number of anilines is 1. The Morgan fingerprint density at radius 2 is 1.63 bits per heavy atom. The molecule has 0 unspecified atom stereocenters. The minimum atomic E-state index is -1.22. The monoisotopic (exact) mass is 410 g/mol. The smallest absolute Gasteiger partial charge is 0.311 e. The highest BCUT2D eigenvalue weighted by atomic mass is 16.7. The van der Waals surface area contributed by atoms with Gasteiger partial charge in [-0.25, -0.2) is 10.1 Å². The fourth-order valence-corrected chi connectivity index (χ4v) is 2.63. The summed E-state index contributed by atoms with van der Waals surface area (Å²) >= 11 is 0. The minimum absolute atomic E-state index is 0.0387. The van der Waals surface area contributed by atoms with Crippen LogP contribution in [0.2, 0.25) is 0 Å². The Balaban J connectivity index is 2.24. The molecule has 0 saturated heterocycles. The van der Waals surface area contributed by atoms with Crippen LogP contribution in [0.5, 0.6) is 0 Å². The van der Waals surface area contributed by atoms with Crippen LogP contribution < -0.4 is 15.6 Å². The first-order chi connectivity index (χ1) is 14.3. The molecule has 0 bridgehead atoms. The van der Waals surface area contributed by atoms with Crippen LogP contribution in [0.3, 0.4) is 0 Å². The zero-order valence-corrected chi connectivity index (χ0v) is 16.4. The van der Waals surface area contributed by atoms with E-state index in [1.807, 2.05) is 0 Å². The van der Waals surface area contributed by atoms with Crippen LogP contribution in [0.4, 0.5) is 5.69 Å². The molecule has 0 radical (unpaired) electrons. The van der Waals surface area contributed by atoms with Gasteiger partial charge in [-0.1, -0.05) is 55.1 Å². The van der Waals surface area contributed by atoms with Crippen molar-refractivity contribution in [1.82, 2.24) is 10.6 Å². The summed E-state index contributed by atoms with van der Waals surface area (Å²) in [6, 6.07) is 15.2. The lowest BCUT2D eigenvalue weighted by molar-refractivity contribution is -0.484. The molecule has 9 heteroatoms. The number of carbonyl (C=O) groups is 3. The van der Waals surface area contributed by atoms with Crippen LogP contribution in [0, 0.1) is 10.1 Å². The van der Waals surface area contributed by atoms with Crippen molar-refractivity contribution in [3.63, 3.8) is 0 Å². The summed E-state index contributed by atoms with van der Waals surface area (Å²) in [4.78, 5) is 48.5. The van der Waals surface area contributed by atoms with Crippen molar-refractivity contribution in [2.24, 2.45) is 0 Å². The summed E-state index contributed by atoms with van der Waals surface area (Å²) in [6.07, 6.45) is 0.0387. The topological polar surface area (TPSA) is 122 Å². The largest absolute Gasteiger partial charge is 0.343 e. The Morgan fingerprint density at radius 3 is 2.17 bits per heavy atom. The van der Waals surface area contributed by atoms with Gasteiger partial charge < -0.3 is 10.6 Å². The third-order valence-corrected chi connectivity index (χ3v) is 4.09. The summed E-state index contributed by atoms with van der Waals surface area (Å²) in [5, 5.41) is 16.0. The summed E-state index contributed by atoms with van der Waals surface area (Å²) in [6.45, 7) is 4.57. The van der Waals surface area contributed by atoms with Crippen LogP contribution in [0.15, 0.2) is 72.8 Å². The molecule has 1 atom stereocenters. The van der Waals surface area contributed by atoms with Crippen LogP contribution in [-0.2, 0) is 20.8 Å². The Labute approximate surface area is 173 Å². The molecule has 2 N–H and O–H groups in total. The van der Waals surface area contributed by atoms with Gasteiger partial charge in [0.1, 0.15) is 11.7 Å². The van der Waals surface area contributed by atoms with E-state index in [4.69, 9.17) is 0 Å². The number of nitrogens with one attached hydrogen (secondary N) is 2. The zero-order valence-electron chi connectivity index (χ0n) is 16.4. The molecule has 0 aromatic heterocycles. The lowest BCUT2D eigenvalue weighted by Crippen LogP contribution is -2.53. The van der Waals surface area contributed by atoms with Crippen molar-refractivity contribution >= 4 is 23.4 Å². The second-order valence-corrected chi connectivity index (χ2v) is 6.50. The molecule has 2 aromatic carbocycles. The Bertz CT molecular complexity index is 931. The van der Waals surface area contributed by atoms with Gasteiger partial charge in [0.15, 0.2) is 5.03 Å². The molecule has 9 nitrogen and oxygen atoms in total. The highest BCUT2D eigenvalue weighted by molar-refractivity contribution is 5.99. The Morgan fingerprint density at radius 1 is 1.07 bits per heavy atom. The summed E-state index contributed by atoms with van der Waals surface area (Å²) in [7, 11) is 0. The minimum Gasteiger partial charge on any atom is -0.343 e. The van der Waals surface area contributed by atoms with Crippen molar-refractivity contribution in [2.75, 3.05) is 11.6 Å². The molecule has 0 saturated carbocycles. The molecule has 2 rings (SSSR count). The molecule has 156 valence electrons. The maximum absolute atomic E-state index is 13.0. The molecule has 2 aromatic rings. The molecule has 0 spiro atoms. The third-order valence-electron chi connectivity index (χ3n) is 4.09. The maximum Gasteiger partial charge on any atom is 0.311 e. The van der Waals surface area contributed by atoms with Crippen LogP contribution in [0.25, 0.3) is 0 Å². The lowest BCUT2D eigenvalue weighted by atomic mass is 10.0. The van der Waals surface area contributed by atoms with E-state index < -0.39 is 35.3 Å². The second kappa shape index (κ2) is 10.5. The van der Waals surface area contributed by atoms with E-state index in [1.165, 1.54) is 19.1 Å². The average molecular weight is 410 g/mol. The van der Waals surface area contributed by atoms with Gasteiger partial charge in [-0.05, 0) is 29.6 Å². The molecule has 30 heavy (non-hydrogen) atoms. The van der Waals surface area contributed by atoms with Crippen LogP contribution in [-0.4, -0.2) is 35.3 Å². The van der Waals surface area contributed by atoms with Crippen LogP contribution in [0.1, 0.15) is 12.5 Å². The number of hydrazine groups is 1. The van der Waals surface area contributed by atoms with E-state index >= 15 is 0 Å². The first kappa shape index (κ1) is 22.3. The number of amides is 3. The van der Waals surface area contributed by atoms with Crippen molar-refractivity contribution in [3.05, 3.63) is 88.5 Å². The number of rotatable bonds is 9. The third kappa shape index (κ3) is 6.26. The number of nitro groups is 1. The van der Waals surface area contributed by atoms with Gasteiger partial charge >= 0.3 is 5.91 Å². The fraction of sp³-hybridized carbons (Fsp3) is 0.190. The first-order valence-electron chi connectivity index (χ1n) is 9.10. The Kier molecular flexibility index (Phi) is 7.81. The van der Waals surface area contributed by atoms with Gasteiger partial charge in [-0.3, -0.25) is 14.4 Å². The van der Waals surface area contributed by atoms with Gasteiger partial charge in [0, 0.05) is 12.0 Å². The lowest BCUT2D eigenvalue weighted by Gasteiger charge is -2.21. The van der Waals surface area contributed by atoms with Gasteiger partial charge in [0.25, 0.3) is 0 Å². The zero-order chi connectivity index (χ0) is 22.1. The molecule has 0 aliphatic rings. The van der Waals surface area contributed by atoms with E-state index in [-0.39, 0.29) is 17.7 Å². The number of benzene rings is 2. The summed E-state index contributed by atoms with van der Waals surface area (Å²) in [5.41, 5.74) is 0.997. The highest BCUT2D eigenvalue weighted by Gasteiger charge is 2.34. The van der Waals surface area contributed by atoms with Crippen molar-refractivity contribution < 1.29 is 19.4 Å². The Hall–Kier alpha value is -4.01. The molecule has 3 amide bonds. The van der Waals surface area contributed by atoms with E-state index in [9.17, 15) is 24.5 Å². The first-order valence-corrected chi connectivity index (χ1v) is 9.10. The van der Waals surface area contributed by atoms with Crippen molar-refractivity contribution in [3.8, 4) is 0 Å². The number of hydrogen-bond acceptors (Lipinski definition) is 5. The number of para-hydroxylation sites is 1. The SMILES string of the molecule is C=C(C)C(=O)NCC(=O)N[C@@H](Cc1ccccc1)C(=O)N(c1ccccc1)[N+](=O)[O-]. The molecule has 0 aliphatic carbocycles. The average Bonchev–Trinajstić information content (AvgIpc) is 2.72. The predicted molar refractivity (Wildman–Crippen MR) is 111 cm³/mol. The van der Waals surface area contributed by atoms with Crippen molar-refractivity contribution in [2.45, 2.75) is 19.4 Å². The summed E-state index contributed by atoms with van der Waals surface area (Å²) in [5.74, 6) is -2.07. The van der Waals surface area contributed by atoms with E-state index in [1.54, 1.807) is 48.5 Å². The van der Waals surface area contributed by atoms with Crippen LogP contribution >= 0.6 is 0 Å². The normalized spacial score (nSPS) is 11.1. The van der Waals surface area contributed by atoms with Gasteiger partial charge in [-0.2, -0.15) is 0 Å². The highest BCUT2D eigenvalue weighted by Crippen LogP contribution is 2.16. The predicted octanol–water partition coefficient (Wildman–Crippen LogP) is 1.63. The number of hydrogen-bond donors (Lipinski definition) is 2. The number of nitrogens with zero attached hydrogens (tertiary/aromatic N) is 2. The molecular weight excluding hydrogens is 388 g/mol. The number of carbonyl (C=O) groups excluding carboxylic acids is 3. The molecule has 0 heterocycles. The quantitative estimate of drug-likeness (QED) is 0.370. The van der Waals surface area contributed by atoms with Gasteiger partial charge in [0.05, 0.1) is 6.54 Å². The second-order valence-electron chi connectivity index (χ2n) is 6.50. The van der Waals surface area contributed by atoms with E-state index in [0.717, 1.165) is 0 Å². The van der Waals surface area contributed by atoms with Gasteiger partial charge in [-0.15, -0.1) is 0 Å². The molecule has 0 fully saturated rings. The fourth-order valence-electron chi connectivity index (χ4n) is 2.63. The summed E-state index contributed by atoms with van der Waals surface area (Å²) < 4.78 is 0. The van der Waals surface area contributed by atoms with E-state index in [0.29, 0.717) is 10.6 Å². The van der Waals surface area contributed by atoms with Gasteiger partial charge in [0.2, 0.25) is 11.8 Å². The van der Waals surface area contributed by atoms with Crippen molar-refractivity contribution in [1.29, 1.82) is 0 Å². The molecular formula is C21H22N4O5. The molecule has 0 aliphatic heterocycles. The maximum atomic E-state index is 13.0. The van der Waals surface area contributed by atoms with E-state index in [2.05, 4.69) is 17.2 Å². The standard InChI is InChI=1S/C21H22N4O5/c1-15(2)20(27)22-14-19(26)23-18(13-16-9-5-3-6-10-16)21(28)24(25(29)30)17-11-7-4-8-12-17/h3-12,18H,1,13-14H2,2H3,(H,22,27)(H,23,26)/t18-/m0/s1.